The van der Waals surface area contributed by atoms with Crippen molar-refractivity contribution >= 4 is 0 Å². The van der Waals surface area contributed by atoms with E-state index in [9.17, 15) is 4.39 Å². The predicted molar refractivity (Wildman–Crippen MR) is 69.9 cm³/mol. The van der Waals surface area contributed by atoms with Gasteiger partial charge in [-0.1, -0.05) is 12.1 Å². The van der Waals surface area contributed by atoms with Crippen LogP contribution in [0.25, 0.3) is 0 Å². The Labute approximate surface area is 106 Å². The van der Waals surface area contributed by atoms with E-state index in [0.717, 1.165) is 36.5 Å². The van der Waals surface area contributed by atoms with E-state index in [1.54, 1.807) is 0 Å². The molecule has 0 saturated heterocycles. The van der Waals surface area contributed by atoms with Crippen LogP contribution in [0, 0.1) is 19.7 Å². The Hall–Kier alpha value is -1.68. The van der Waals surface area contributed by atoms with Crippen LogP contribution in [0.4, 0.5) is 4.39 Å². The van der Waals surface area contributed by atoms with Crippen LogP contribution in [-0.4, -0.2) is 16.7 Å². The highest BCUT2D eigenvalue weighted by Crippen LogP contribution is 2.08. The smallest absolute Gasteiger partial charge is 0.123 e. The summed E-state index contributed by atoms with van der Waals surface area (Å²) in [5, 5.41) is 10.5. The number of hydrogen-bond acceptors (Lipinski definition) is 2. The van der Waals surface area contributed by atoms with Gasteiger partial charge in [-0.05, 0) is 44.5 Å². The number of aromatic nitrogens is 2. The van der Waals surface area contributed by atoms with Gasteiger partial charge in [-0.25, -0.2) is 4.39 Å². The van der Waals surface area contributed by atoms with E-state index in [1.807, 2.05) is 26.0 Å². The Bertz CT molecular complexity index is 483. The van der Waals surface area contributed by atoms with Crippen LogP contribution in [-0.2, 0) is 13.0 Å². The van der Waals surface area contributed by atoms with Crippen molar-refractivity contribution < 1.29 is 4.39 Å². The minimum atomic E-state index is -0.184. The zero-order valence-corrected chi connectivity index (χ0v) is 10.8. The average Bonchev–Trinajstić information content (AvgIpc) is 2.68. The fourth-order valence-corrected chi connectivity index (χ4v) is 1.93. The van der Waals surface area contributed by atoms with E-state index < -0.39 is 0 Å². The summed E-state index contributed by atoms with van der Waals surface area (Å²) in [5.41, 5.74) is 4.53. The number of halogens is 1. The highest BCUT2D eigenvalue weighted by molar-refractivity contribution is 5.22. The molecule has 0 aliphatic carbocycles. The molecule has 0 atom stereocenters. The lowest BCUT2D eigenvalue weighted by molar-refractivity contribution is 0.626. The minimum absolute atomic E-state index is 0.184. The second kappa shape index (κ2) is 5.78. The molecule has 2 N–H and O–H groups in total. The fourth-order valence-electron chi connectivity index (χ4n) is 1.93. The molecular formula is C14H18FN3. The number of H-pyrrole nitrogens is 1. The molecule has 0 saturated carbocycles. The van der Waals surface area contributed by atoms with Crippen molar-refractivity contribution in [2.24, 2.45) is 0 Å². The Morgan fingerprint density at radius 2 is 1.94 bits per heavy atom. The second-order valence-corrected chi connectivity index (χ2v) is 4.47. The minimum Gasteiger partial charge on any atom is -0.312 e. The van der Waals surface area contributed by atoms with Gasteiger partial charge in [-0.3, -0.25) is 5.10 Å². The average molecular weight is 247 g/mol. The molecule has 0 unspecified atom stereocenters. The van der Waals surface area contributed by atoms with Gasteiger partial charge < -0.3 is 5.32 Å². The molecule has 0 amide bonds. The molecule has 96 valence electrons. The first-order valence-electron chi connectivity index (χ1n) is 6.12. The van der Waals surface area contributed by atoms with Crippen LogP contribution in [0.15, 0.2) is 24.3 Å². The first-order chi connectivity index (χ1) is 8.66. The normalized spacial score (nSPS) is 10.8. The zero-order valence-electron chi connectivity index (χ0n) is 10.8. The van der Waals surface area contributed by atoms with Crippen molar-refractivity contribution in [3.63, 3.8) is 0 Å². The predicted octanol–water partition coefficient (Wildman–Crippen LogP) is 2.50. The van der Waals surface area contributed by atoms with Crippen molar-refractivity contribution in [3.05, 3.63) is 52.6 Å². The maximum Gasteiger partial charge on any atom is 0.123 e. The van der Waals surface area contributed by atoms with Gasteiger partial charge in [0, 0.05) is 17.8 Å². The van der Waals surface area contributed by atoms with Crippen LogP contribution in [0.3, 0.4) is 0 Å². The summed E-state index contributed by atoms with van der Waals surface area (Å²) in [6.07, 6.45) is 0.899. The monoisotopic (exact) mass is 247 g/mol. The molecule has 0 spiro atoms. The van der Waals surface area contributed by atoms with Crippen LogP contribution in [0.1, 0.15) is 22.5 Å². The largest absolute Gasteiger partial charge is 0.312 e. The van der Waals surface area contributed by atoms with Crippen molar-refractivity contribution in [2.75, 3.05) is 6.54 Å². The van der Waals surface area contributed by atoms with Crippen LogP contribution >= 0.6 is 0 Å². The van der Waals surface area contributed by atoms with Crippen molar-refractivity contribution in [1.82, 2.24) is 15.5 Å². The maximum absolute atomic E-state index is 12.7. The summed E-state index contributed by atoms with van der Waals surface area (Å²) in [4.78, 5) is 0. The molecule has 2 rings (SSSR count). The topological polar surface area (TPSA) is 40.7 Å². The van der Waals surface area contributed by atoms with Gasteiger partial charge >= 0.3 is 0 Å². The first kappa shape index (κ1) is 12.8. The highest BCUT2D eigenvalue weighted by atomic mass is 19.1. The fraction of sp³-hybridized carbons (Fsp3) is 0.357. The molecule has 2 aromatic rings. The first-order valence-corrected chi connectivity index (χ1v) is 6.12. The Morgan fingerprint density at radius 3 is 2.56 bits per heavy atom. The van der Waals surface area contributed by atoms with E-state index in [4.69, 9.17) is 0 Å². The number of rotatable bonds is 5. The molecule has 0 radical (unpaired) electrons. The third kappa shape index (κ3) is 3.17. The molecule has 1 aromatic carbocycles. The van der Waals surface area contributed by atoms with Crippen molar-refractivity contribution in [2.45, 2.75) is 26.8 Å². The number of benzene rings is 1. The molecule has 3 nitrogen and oxygen atoms in total. The molecule has 0 bridgehead atoms. The summed E-state index contributed by atoms with van der Waals surface area (Å²) in [6.45, 7) is 5.71. The van der Waals surface area contributed by atoms with Gasteiger partial charge in [-0.2, -0.15) is 5.10 Å². The summed E-state index contributed by atoms with van der Waals surface area (Å²) < 4.78 is 12.7. The van der Waals surface area contributed by atoms with E-state index in [0.29, 0.717) is 0 Å². The highest BCUT2D eigenvalue weighted by Gasteiger charge is 2.04. The van der Waals surface area contributed by atoms with E-state index in [2.05, 4.69) is 15.5 Å². The molecule has 1 heterocycles. The van der Waals surface area contributed by atoms with Gasteiger partial charge in [0.25, 0.3) is 0 Å². The summed E-state index contributed by atoms with van der Waals surface area (Å²) in [7, 11) is 0. The van der Waals surface area contributed by atoms with Gasteiger partial charge in [0.05, 0.1) is 5.69 Å². The third-order valence-corrected chi connectivity index (χ3v) is 3.09. The molecule has 1 aromatic heterocycles. The maximum atomic E-state index is 12.7. The lowest BCUT2D eigenvalue weighted by Gasteiger charge is -2.05. The summed E-state index contributed by atoms with van der Waals surface area (Å²) in [6, 6.07) is 6.65. The molecule has 0 fully saturated rings. The lowest BCUT2D eigenvalue weighted by atomic mass is 10.1. The van der Waals surface area contributed by atoms with Gasteiger partial charge in [0.15, 0.2) is 0 Å². The second-order valence-electron chi connectivity index (χ2n) is 4.47. The summed E-state index contributed by atoms with van der Waals surface area (Å²) >= 11 is 0. The Morgan fingerprint density at radius 1 is 1.22 bits per heavy atom. The number of hydrogen-bond donors (Lipinski definition) is 2. The van der Waals surface area contributed by atoms with Gasteiger partial charge in [-0.15, -0.1) is 0 Å². The van der Waals surface area contributed by atoms with Crippen LogP contribution < -0.4 is 5.32 Å². The molecule has 18 heavy (non-hydrogen) atoms. The van der Waals surface area contributed by atoms with Gasteiger partial charge in [0.1, 0.15) is 5.82 Å². The third-order valence-electron chi connectivity index (χ3n) is 3.09. The molecule has 0 aliphatic heterocycles. The van der Waals surface area contributed by atoms with Crippen LogP contribution in [0.5, 0.6) is 0 Å². The quantitative estimate of drug-likeness (QED) is 0.797. The SMILES string of the molecule is Cc1n[nH]c(C)c1CNCCc1ccc(F)cc1. The van der Waals surface area contributed by atoms with Crippen LogP contribution in [0.2, 0.25) is 0 Å². The van der Waals surface area contributed by atoms with E-state index >= 15 is 0 Å². The summed E-state index contributed by atoms with van der Waals surface area (Å²) in [5.74, 6) is -0.184. The van der Waals surface area contributed by atoms with Crippen molar-refractivity contribution in [3.8, 4) is 0 Å². The van der Waals surface area contributed by atoms with E-state index in [1.165, 1.54) is 17.7 Å². The number of nitrogens with one attached hydrogen (secondary N) is 2. The van der Waals surface area contributed by atoms with Gasteiger partial charge in [0.2, 0.25) is 0 Å². The lowest BCUT2D eigenvalue weighted by Crippen LogP contribution is -2.17. The number of aromatic amines is 1. The standard InChI is InChI=1S/C14H18FN3/c1-10-14(11(2)18-17-10)9-16-8-7-12-3-5-13(15)6-4-12/h3-6,16H,7-9H2,1-2H3,(H,17,18). The number of aryl methyl sites for hydroxylation is 2. The number of nitrogens with zero attached hydrogens (tertiary/aromatic N) is 1. The van der Waals surface area contributed by atoms with E-state index in [-0.39, 0.29) is 5.82 Å². The Balaban J connectivity index is 1.78. The zero-order chi connectivity index (χ0) is 13.0. The molecule has 4 heteroatoms. The Kier molecular flexibility index (Phi) is 4.10. The molecular weight excluding hydrogens is 229 g/mol. The molecule has 0 aliphatic rings. The van der Waals surface area contributed by atoms with Crippen molar-refractivity contribution in [1.29, 1.82) is 0 Å².